The van der Waals surface area contributed by atoms with Gasteiger partial charge >= 0.3 is 24.1 Å². The van der Waals surface area contributed by atoms with E-state index >= 15 is 0 Å². The van der Waals surface area contributed by atoms with E-state index < -0.39 is 29.7 Å². The van der Waals surface area contributed by atoms with Crippen LogP contribution in [0.15, 0.2) is 224 Å². The first kappa shape index (κ1) is 79.8. The van der Waals surface area contributed by atoms with Gasteiger partial charge in [-0.2, -0.15) is 20.4 Å². The molecule has 4 aliphatic carbocycles. The number of halogens is 3. The van der Waals surface area contributed by atoms with Crippen molar-refractivity contribution in [1.82, 2.24) is 59.1 Å². The maximum Gasteiger partial charge on any atom is 0.323 e. The molecule has 16 N–H and O–H groups in total. The predicted octanol–water partition coefficient (Wildman–Crippen LogP) is 19.4. The highest BCUT2D eigenvalue weighted by molar-refractivity contribution is 6.07. The van der Waals surface area contributed by atoms with Gasteiger partial charge in [-0.15, -0.1) is 0 Å². The number of nitrogens with one attached hydrogen (secondary N) is 8. The zero-order valence-corrected chi connectivity index (χ0v) is 67.3. The average molecular weight is 1650 g/mol. The van der Waals surface area contributed by atoms with Crippen molar-refractivity contribution in [3.63, 3.8) is 0 Å². The number of benzene rings is 8. The molecule has 16 aromatic rings. The van der Waals surface area contributed by atoms with Crippen molar-refractivity contribution in [1.29, 1.82) is 0 Å². The number of para-hydroxylation sites is 2. The van der Waals surface area contributed by atoms with Crippen molar-refractivity contribution < 1.29 is 32.3 Å². The number of nitrogens with zero attached hydrogens (tertiary/aromatic N) is 12. The van der Waals surface area contributed by atoms with E-state index in [-0.39, 0.29) is 17.5 Å². The number of pyridine rings is 4. The van der Waals surface area contributed by atoms with Crippen molar-refractivity contribution in [2.24, 2.45) is 28.2 Å². The van der Waals surface area contributed by atoms with Gasteiger partial charge in [-0.05, 0) is 235 Å². The van der Waals surface area contributed by atoms with Gasteiger partial charge in [0.05, 0.1) is 27.2 Å². The van der Waals surface area contributed by atoms with Gasteiger partial charge in [0.25, 0.3) is 0 Å². The van der Waals surface area contributed by atoms with Crippen molar-refractivity contribution in [2.45, 2.75) is 75.0 Å². The molecule has 8 amide bonds. The Balaban J connectivity index is 0.000000116. The van der Waals surface area contributed by atoms with Crippen LogP contribution in [-0.4, -0.2) is 83.2 Å². The number of hydrogen-bond donors (Lipinski definition) is 12. The Bertz CT molecular complexity index is 6700. The minimum Gasteiger partial charge on any atom is -0.382 e. The number of hydrogen-bond acceptors (Lipinski definition) is 16. The molecule has 4 saturated carbocycles. The van der Waals surface area contributed by atoms with Crippen molar-refractivity contribution in [3.8, 4) is 44.5 Å². The summed E-state index contributed by atoms with van der Waals surface area (Å²) < 4.78 is 46.9. The van der Waals surface area contributed by atoms with Crippen LogP contribution >= 0.6 is 0 Å². The summed E-state index contributed by atoms with van der Waals surface area (Å²) in [5.74, 6) is 2.54. The second kappa shape index (κ2) is 34.0. The number of nitrogen functional groups attached to an aromatic ring is 4. The van der Waals surface area contributed by atoms with Gasteiger partial charge in [0.2, 0.25) is 0 Å². The normalized spacial score (nSPS) is 13.4. The first-order valence-corrected chi connectivity index (χ1v) is 40.1. The van der Waals surface area contributed by atoms with E-state index in [1.807, 2.05) is 143 Å². The topological polar surface area (TPSA) is 391 Å². The number of rotatable bonds is 16. The fraction of sp³-hybridized carbons (Fsp3) is 0.174. The lowest BCUT2D eigenvalue weighted by Crippen LogP contribution is -2.20. The number of carbonyl (C=O) groups excluding carboxylic acids is 4. The minimum atomic E-state index is -0.517. The Morgan fingerprint density at radius 2 is 0.553 bits per heavy atom. The summed E-state index contributed by atoms with van der Waals surface area (Å²) in [5.41, 5.74) is 44.2. The third-order valence-electron chi connectivity index (χ3n) is 21.5. The summed E-state index contributed by atoms with van der Waals surface area (Å²) in [6, 6.07) is 63.6. The predicted molar refractivity (Wildman–Crippen MR) is 478 cm³/mol. The molecule has 0 atom stereocenters. The summed E-state index contributed by atoms with van der Waals surface area (Å²) in [5, 5.41) is 42.4. The van der Waals surface area contributed by atoms with Crippen LogP contribution in [0.4, 0.5) is 101 Å². The molecule has 0 saturated heterocycles. The fourth-order valence-electron chi connectivity index (χ4n) is 14.7. The molecular weight excluding hydrogens is 1560 g/mol. The highest BCUT2D eigenvalue weighted by Gasteiger charge is 2.32. The number of aryl methyl sites for hydroxylation is 4. The van der Waals surface area contributed by atoms with E-state index in [4.69, 9.17) is 42.9 Å². The van der Waals surface area contributed by atoms with Gasteiger partial charge in [0.15, 0.2) is 45.9 Å². The molecule has 28 nitrogen and oxygen atoms in total. The number of urea groups is 4. The summed E-state index contributed by atoms with van der Waals surface area (Å²) in [4.78, 5) is 68.0. The number of nitrogens with two attached hydrogens (primary N) is 4. The number of carbonyl (C=O) groups is 4. The first-order valence-electron chi connectivity index (χ1n) is 40.1. The molecule has 0 unspecified atom stereocenters. The third kappa shape index (κ3) is 18.3. The molecule has 0 spiro atoms. The molecule has 8 aromatic heterocycles. The van der Waals surface area contributed by atoms with Gasteiger partial charge in [0.1, 0.15) is 17.5 Å². The van der Waals surface area contributed by atoms with Crippen LogP contribution in [0.25, 0.3) is 88.6 Å². The molecule has 4 fully saturated rings. The van der Waals surface area contributed by atoms with Gasteiger partial charge in [-0.3, -0.25) is 0 Å². The molecule has 0 radical (unpaired) electrons. The zero-order valence-electron chi connectivity index (χ0n) is 67.3. The maximum absolute atomic E-state index is 13.7. The van der Waals surface area contributed by atoms with E-state index in [0.29, 0.717) is 81.1 Å². The fourth-order valence-corrected chi connectivity index (χ4v) is 14.7. The van der Waals surface area contributed by atoms with Crippen LogP contribution in [-0.2, 0) is 28.2 Å². The summed E-state index contributed by atoms with van der Waals surface area (Å²) in [6.07, 6.45) is 9.23. The maximum atomic E-state index is 13.7. The van der Waals surface area contributed by atoms with E-state index in [1.54, 1.807) is 49.1 Å². The Morgan fingerprint density at radius 3 is 0.846 bits per heavy atom. The van der Waals surface area contributed by atoms with Crippen LogP contribution < -0.4 is 65.5 Å². The van der Waals surface area contributed by atoms with Crippen molar-refractivity contribution in [2.75, 3.05) is 65.5 Å². The minimum absolute atomic E-state index is 0.121. The molecule has 20 rings (SSSR count). The van der Waals surface area contributed by atoms with Crippen LogP contribution in [0.5, 0.6) is 0 Å². The Morgan fingerprint density at radius 1 is 0.293 bits per heavy atom. The number of amides is 8. The molecular formula is C92H85F3N24O4. The van der Waals surface area contributed by atoms with Crippen LogP contribution in [0.2, 0.25) is 0 Å². The Kier molecular flexibility index (Phi) is 22.0. The smallest absolute Gasteiger partial charge is 0.323 e. The van der Waals surface area contributed by atoms with E-state index in [0.717, 1.165) is 156 Å². The molecule has 4 aliphatic rings. The SMILES string of the molecule is Cn1nc(N)c2c(-c3ccc(NC(=O)Nc4ccc(F)cc4)cc3)cc(C3CC3)nc21.Cn1nc(N)c2c(-c3ccc(NC(=O)Nc4cccc(F)c4)cc3)cc(C3CC3)nc21.Cn1nc(N)c2c(-c3ccc(NC(=O)Nc4ccccc4)cc3)cc(C3CC3)nc21.Cn1nc(N)c2c(-c3ccc(NC(=O)Nc4ccccc4F)cc3)cc(C3CC3)nc21. The summed E-state index contributed by atoms with van der Waals surface area (Å²) in [7, 11) is 7.40. The van der Waals surface area contributed by atoms with Gasteiger partial charge < -0.3 is 65.5 Å². The van der Waals surface area contributed by atoms with Crippen molar-refractivity contribution in [3.05, 3.63) is 265 Å². The van der Waals surface area contributed by atoms with E-state index in [1.165, 1.54) is 67.4 Å². The molecule has 8 aromatic carbocycles. The van der Waals surface area contributed by atoms with Crippen LogP contribution in [0.3, 0.4) is 0 Å². The van der Waals surface area contributed by atoms with E-state index in [2.05, 4.69) is 87.2 Å². The third-order valence-corrected chi connectivity index (χ3v) is 21.5. The zero-order chi connectivity index (χ0) is 85.3. The summed E-state index contributed by atoms with van der Waals surface area (Å²) in [6.45, 7) is 0. The van der Waals surface area contributed by atoms with Crippen LogP contribution in [0.1, 0.15) is 97.8 Å². The van der Waals surface area contributed by atoms with Gasteiger partial charge in [0, 0.05) is 114 Å². The van der Waals surface area contributed by atoms with Gasteiger partial charge in [-0.1, -0.05) is 84.9 Å². The largest absolute Gasteiger partial charge is 0.382 e. The molecule has 8 heterocycles. The molecule has 0 aliphatic heterocycles. The molecule has 618 valence electrons. The van der Waals surface area contributed by atoms with Gasteiger partial charge in [-0.25, -0.2) is 71.0 Å². The standard InChI is InChI=1S/3C23H21FN6O.C23H22N6O/c1-30-22-20(21(25)29-30)18(12-19(28-22)14-2-3-14)13-4-8-16(9-5-13)26-23(31)27-17-10-6-15(24)7-11-17;1-30-22-20(21(25)29-30)18(12-19(28-22)14-5-6-14)13-7-9-16(10-8-13)26-23(31)27-17-4-2-3-15(24)11-17;1-30-22-20(21(25)29-30)16(12-19(27-22)14-6-7-14)13-8-10-15(11-9-13)26-23(31)28-18-5-3-2-4-17(18)24;1-29-22-20(21(24)28-29)18(13-19(27-22)15-7-8-15)14-9-11-17(12-10-14)26-23(30)25-16-5-3-2-4-6-16/h4-12,14H,2-3H2,1H3,(H2,25,29)(H2,26,27,31);2-4,7-12,14H,5-6H2,1H3,(H2,25,29)(H2,26,27,31);2-5,8-12,14H,6-7H2,1H3,(H2,25,29)(H2,26,28,31);2-6,9-13,15H,7-8H2,1H3,(H2,24,28)(H2,25,26,30). The molecule has 123 heavy (non-hydrogen) atoms. The lowest BCUT2D eigenvalue weighted by atomic mass is 10.0. The second-order valence-corrected chi connectivity index (χ2v) is 30.8. The van der Waals surface area contributed by atoms with Crippen LogP contribution in [0, 0.1) is 17.5 Å². The summed E-state index contributed by atoms with van der Waals surface area (Å²) >= 11 is 0. The lowest BCUT2D eigenvalue weighted by Gasteiger charge is -2.11. The Hall–Kier alpha value is -15.7. The lowest BCUT2D eigenvalue weighted by molar-refractivity contribution is 0.261. The average Bonchev–Trinajstić information content (AvgIpc) is 1.64. The number of aromatic nitrogens is 12. The number of anilines is 12. The second-order valence-electron chi connectivity index (χ2n) is 30.8. The number of fused-ring (bicyclic) bond motifs is 4. The molecule has 31 heteroatoms. The Labute approximate surface area is 702 Å². The van der Waals surface area contributed by atoms with E-state index in [9.17, 15) is 32.3 Å². The highest BCUT2D eigenvalue weighted by atomic mass is 19.1. The van der Waals surface area contributed by atoms with Crippen molar-refractivity contribution >= 4 is 137 Å². The molecule has 0 bridgehead atoms. The first-order chi connectivity index (χ1) is 59.5. The monoisotopic (exact) mass is 1650 g/mol. The quantitative estimate of drug-likeness (QED) is 0.0427. The highest BCUT2D eigenvalue weighted by Crippen LogP contribution is 2.47.